The highest BCUT2D eigenvalue weighted by molar-refractivity contribution is 7.90. The van der Waals surface area contributed by atoms with Crippen molar-refractivity contribution < 1.29 is 8.42 Å². The van der Waals surface area contributed by atoms with E-state index in [4.69, 9.17) is 0 Å². The molecule has 174 valence electrons. The van der Waals surface area contributed by atoms with Gasteiger partial charge in [-0.2, -0.15) is 0 Å². The Morgan fingerprint density at radius 1 is 1.18 bits per heavy atom. The Bertz CT molecular complexity index is 1540. The molecule has 7 heteroatoms. The van der Waals surface area contributed by atoms with Gasteiger partial charge in [0.25, 0.3) is 10.0 Å². The fourth-order valence-electron chi connectivity index (χ4n) is 5.74. The molecule has 6 nitrogen and oxygen atoms in total. The van der Waals surface area contributed by atoms with Crippen LogP contribution in [0.1, 0.15) is 50.3 Å². The SMILES string of the molecule is C=C[C@@]1(C)CCC2=C(c3cn(S(=O)(=O)c4ccc(C)cc4)c4cccc(c34)C2(C)C)[C@H]1N=[N+]=[N-]. The number of azide groups is 1. The Kier molecular flexibility index (Phi) is 4.87. The Morgan fingerprint density at radius 2 is 1.88 bits per heavy atom. The first-order chi connectivity index (χ1) is 16.1. The molecule has 2 aromatic carbocycles. The van der Waals surface area contributed by atoms with E-state index in [1.165, 1.54) is 9.55 Å². The largest absolute Gasteiger partial charge is 0.268 e. The van der Waals surface area contributed by atoms with Crippen molar-refractivity contribution in [1.82, 2.24) is 3.97 Å². The number of benzene rings is 2. The van der Waals surface area contributed by atoms with E-state index < -0.39 is 21.5 Å². The van der Waals surface area contributed by atoms with Gasteiger partial charge in [0.2, 0.25) is 0 Å². The maximum Gasteiger partial charge on any atom is 0.268 e. The third kappa shape index (κ3) is 2.93. The summed E-state index contributed by atoms with van der Waals surface area (Å²) in [7, 11) is -3.83. The van der Waals surface area contributed by atoms with Crippen LogP contribution in [0.3, 0.4) is 0 Å². The van der Waals surface area contributed by atoms with Crippen LogP contribution < -0.4 is 0 Å². The van der Waals surface area contributed by atoms with Gasteiger partial charge in [-0.3, -0.25) is 0 Å². The first kappa shape index (κ1) is 22.5. The van der Waals surface area contributed by atoms with E-state index in [0.29, 0.717) is 5.52 Å². The van der Waals surface area contributed by atoms with Crippen LogP contribution in [0.15, 0.2) is 76.9 Å². The van der Waals surface area contributed by atoms with Crippen LogP contribution in [-0.2, 0) is 15.4 Å². The molecule has 2 aliphatic carbocycles. The Morgan fingerprint density at radius 3 is 2.53 bits per heavy atom. The lowest BCUT2D eigenvalue weighted by Crippen LogP contribution is -2.39. The van der Waals surface area contributed by atoms with Crippen molar-refractivity contribution in [2.75, 3.05) is 0 Å². The zero-order valence-electron chi connectivity index (χ0n) is 19.9. The fraction of sp³-hybridized carbons (Fsp3) is 0.333. The Labute approximate surface area is 200 Å². The average Bonchev–Trinajstić information content (AvgIpc) is 3.20. The molecular weight excluding hydrogens is 444 g/mol. The molecule has 0 amide bonds. The molecule has 0 saturated carbocycles. The number of allylic oxidation sites excluding steroid dienone is 1. The number of fused-ring (bicyclic) bond motifs is 1. The number of aromatic nitrogens is 1. The quantitative estimate of drug-likeness (QED) is 0.179. The zero-order chi connectivity index (χ0) is 24.5. The van der Waals surface area contributed by atoms with Crippen LogP contribution in [-0.4, -0.2) is 18.4 Å². The van der Waals surface area contributed by atoms with Crippen molar-refractivity contribution in [2.24, 2.45) is 10.5 Å². The summed E-state index contributed by atoms with van der Waals surface area (Å²) in [6.07, 6.45) is 5.24. The Balaban J connectivity index is 1.87. The van der Waals surface area contributed by atoms with Crippen LogP contribution in [0, 0.1) is 12.3 Å². The van der Waals surface area contributed by atoms with E-state index in [9.17, 15) is 13.9 Å². The topological polar surface area (TPSA) is 87.8 Å². The molecule has 0 unspecified atom stereocenters. The molecule has 0 bridgehead atoms. The third-order valence-electron chi connectivity index (χ3n) is 7.86. The highest BCUT2D eigenvalue weighted by Crippen LogP contribution is 2.56. The summed E-state index contributed by atoms with van der Waals surface area (Å²) in [5.74, 6) is 0. The van der Waals surface area contributed by atoms with E-state index >= 15 is 0 Å². The van der Waals surface area contributed by atoms with Crippen molar-refractivity contribution in [3.8, 4) is 0 Å². The maximum atomic E-state index is 13.8. The molecule has 0 fully saturated rings. The van der Waals surface area contributed by atoms with Crippen molar-refractivity contribution in [3.05, 3.63) is 94.0 Å². The molecule has 0 N–H and O–H groups in total. The van der Waals surface area contributed by atoms with Gasteiger partial charge in [-0.1, -0.05) is 67.4 Å². The molecule has 1 heterocycles. The first-order valence-corrected chi connectivity index (χ1v) is 12.9. The number of aryl methyl sites for hydroxylation is 1. The minimum atomic E-state index is -3.83. The smallest absolute Gasteiger partial charge is 0.241 e. The lowest BCUT2D eigenvalue weighted by molar-refractivity contribution is 0.329. The van der Waals surface area contributed by atoms with Gasteiger partial charge in [0.15, 0.2) is 0 Å². The van der Waals surface area contributed by atoms with Gasteiger partial charge in [-0.15, -0.1) is 6.58 Å². The zero-order valence-corrected chi connectivity index (χ0v) is 20.7. The maximum absolute atomic E-state index is 13.8. The minimum Gasteiger partial charge on any atom is -0.241 e. The summed E-state index contributed by atoms with van der Waals surface area (Å²) >= 11 is 0. The van der Waals surface area contributed by atoms with Crippen molar-refractivity contribution >= 4 is 26.5 Å². The lowest BCUT2D eigenvalue weighted by atomic mass is 9.59. The van der Waals surface area contributed by atoms with Crippen LogP contribution in [0.5, 0.6) is 0 Å². The van der Waals surface area contributed by atoms with Gasteiger partial charge < -0.3 is 0 Å². The van der Waals surface area contributed by atoms with Gasteiger partial charge >= 0.3 is 0 Å². The van der Waals surface area contributed by atoms with Gasteiger partial charge in [0, 0.05) is 27.5 Å². The summed E-state index contributed by atoms with van der Waals surface area (Å²) in [6, 6.07) is 12.3. The second-order valence-electron chi connectivity index (χ2n) is 10.2. The highest BCUT2D eigenvalue weighted by Gasteiger charge is 2.47. The molecule has 0 saturated heterocycles. The molecule has 0 spiro atoms. The molecule has 2 aliphatic rings. The van der Waals surface area contributed by atoms with Crippen LogP contribution >= 0.6 is 0 Å². The van der Waals surface area contributed by atoms with E-state index in [1.807, 2.05) is 25.1 Å². The van der Waals surface area contributed by atoms with Gasteiger partial charge in [-0.05, 0) is 60.0 Å². The van der Waals surface area contributed by atoms with E-state index in [-0.39, 0.29) is 10.3 Å². The summed E-state index contributed by atoms with van der Waals surface area (Å²) in [5.41, 5.74) is 14.4. The van der Waals surface area contributed by atoms with Gasteiger partial charge in [-0.25, -0.2) is 12.4 Å². The third-order valence-corrected chi connectivity index (χ3v) is 9.55. The Hall–Kier alpha value is -3.28. The normalized spacial score (nSPS) is 23.4. The lowest BCUT2D eigenvalue weighted by Gasteiger charge is -2.46. The molecule has 1 aromatic heterocycles. The number of nitrogens with zero attached hydrogens (tertiary/aromatic N) is 4. The van der Waals surface area contributed by atoms with Crippen molar-refractivity contribution in [2.45, 2.75) is 56.9 Å². The summed E-state index contributed by atoms with van der Waals surface area (Å²) in [4.78, 5) is 3.43. The molecule has 34 heavy (non-hydrogen) atoms. The van der Waals surface area contributed by atoms with E-state index in [1.54, 1.807) is 30.5 Å². The number of hydrogen-bond donors (Lipinski definition) is 0. The van der Waals surface area contributed by atoms with Gasteiger partial charge in [0.05, 0.1) is 16.5 Å². The molecular formula is C27H28N4O2S. The van der Waals surface area contributed by atoms with Crippen LogP contribution in [0.2, 0.25) is 0 Å². The first-order valence-electron chi connectivity index (χ1n) is 11.4. The van der Waals surface area contributed by atoms with Crippen LogP contribution in [0.25, 0.3) is 26.9 Å². The predicted molar refractivity (Wildman–Crippen MR) is 136 cm³/mol. The number of rotatable bonds is 4. The van der Waals surface area contributed by atoms with Crippen LogP contribution in [0.4, 0.5) is 0 Å². The van der Waals surface area contributed by atoms with E-state index in [2.05, 4.69) is 43.4 Å². The average molecular weight is 473 g/mol. The predicted octanol–water partition coefficient (Wildman–Crippen LogP) is 6.90. The van der Waals surface area contributed by atoms with E-state index in [0.717, 1.165) is 40.5 Å². The van der Waals surface area contributed by atoms with Crippen molar-refractivity contribution in [3.63, 3.8) is 0 Å². The monoisotopic (exact) mass is 472 g/mol. The molecule has 2 atom stereocenters. The standard InChI is InChI=1S/C27H28N4O2S/c1-6-27(5)15-14-21-24(25(27)29-30-28)19-16-31(34(32,33)18-12-10-17(2)11-13-18)22-9-7-8-20(23(19)22)26(21,3)4/h6-13,16,25H,1,14-15H2,2-5H3/t25-,27+/m1/s1. The second kappa shape index (κ2) is 7.36. The minimum absolute atomic E-state index is 0.242. The summed E-state index contributed by atoms with van der Waals surface area (Å²) in [5, 5.41) is 5.16. The molecule has 5 rings (SSSR count). The fourth-order valence-corrected chi connectivity index (χ4v) is 7.11. The highest BCUT2D eigenvalue weighted by atomic mass is 32.2. The molecule has 0 aliphatic heterocycles. The summed E-state index contributed by atoms with van der Waals surface area (Å²) < 4.78 is 29.0. The van der Waals surface area contributed by atoms with Gasteiger partial charge in [0.1, 0.15) is 0 Å². The second-order valence-corrected chi connectivity index (χ2v) is 12.0. The van der Waals surface area contributed by atoms with Crippen molar-refractivity contribution in [1.29, 1.82) is 0 Å². The summed E-state index contributed by atoms with van der Waals surface area (Å²) in [6.45, 7) is 12.4. The number of hydrogen-bond acceptors (Lipinski definition) is 3. The molecule has 3 aromatic rings. The molecule has 0 radical (unpaired) electrons.